The number of ether oxygens (including phenoxy) is 1. The molecule has 0 atom stereocenters. The number of hydrogen-bond acceptors (Lipinski definition) is 4. The number of pyridine rings is 1. The van der Waals surface area contributed by atoms with Gasteiger partial charge in [0.2, 0.25) is 0 Å². The summed E-state index contributed by atoms with van der Waals surface area (Å²) in [5, 5.41) is 4.20. The highest BCUT2D eigenvalue weighted by Gasteiger charge is 2.16. The minimum atomic E-state index is -0.376. The number of carbonyl (C=O) groups excluding carboxylic acids is 1. The zero-order valence-corrected chi connectivity index (χ0v) is 12.2. The smallest absolute Gasteiger partial charge is 0.341 e. The summed E-state index contributed by atoms with van der Waals surface area (Å²) in [4.78, 5) is 16.5. The fraction of sp³-hybridized carbons (Fsp3) is 0.111. The summed E-state index contributed by atoms with van der Waals surface area (Å²) in [5.41, 5.74) is 2.89. The molecule has 0 saturated heterocycles. The number of nitrogens with zero attached hydrogens (tertiary/aromatic N) is 1. The maximum atomic E-state index is 12.2. The zero-order chi connectivity index (χ0) is 15.4. The van der Waals surface area contributed by atoms with Gasteiger partial charge in [0.15, 0.2) is 0 Å². The lowest BCUT2D eigenvalue weighted by molar-refractivity contribution is 0.0527. The summed E-state index contributed by atoms with van der Waals surface area (Å²) in [6, 6.07) is 17.4. The molecule has 3 aromatic rings. The lowest BCUT2D eigenvalue weighted by atomic mass is 10.1. The van der Waals surface area contributed by atoms with Crippen molar-refractivity contribution in [3.8, 4) is 0 Å². The van der Waals surface area contributed by atoms with Crippen LogP contribution in [0, 0.1) is 0 Å². The van der Waals surface area contributed by atoms with Gasteiger partial charge in [-0.25, -0.2) is 4.79 Å². The van der Waals surface area contributed by atoms with Gasteiger partial charge in [0.05, 0.1) is 17.8 Å². The van der Waals surface area contributed by atoms with Crippen molar-refractivity contribution in [3.05, 3.63) is 66.4 Å². The van der Waals surface area contributed by atoms with E-state index in [9.17, 15) is 4.79 Å². The largest absolute Gasteiger partial charge is 0.462 e. The van der Waals surface area contributed by atoms with Crippen molar-refractivity contribution < 1.29 is 9.53 Å². The summed E-state index contributed by atoms with van der Waals surface area (Å²) >= 11 is 0. The summed E-state index contributed by atoms with van der Waals surface area (Å²) < 4.78 is 5.14. The van der Waals surface area contributed by atoms with Gasteiger partial charge in [-0.05, 0) is 25.1 Å². The average molecular weight is 292 g/mol. The molecule has 0 radical (unpaired) electrons. The molecule has 4 nitrogen and oxygen atoms in total. The Morgan fingerprint density at radius 1 is 1.09 bits per heavy atom. The van der Waals surface area contributed by atoms with Crippen molar-refractivity contribution >= 4 is 28.2 Å². The van der Waals surface area contributed by atoms with E-state index in [2.05, 4.69) is 10.3 Å². The first-order valence-electron chi connectivity index (χ1n) is 7.16. The van der Waals surface area contributed by atoms with E-state index in [0.717, 1.165) is 22.3 Å². The molecule has 2 aromatic carbocycles. The van der Waals surface area contributed by atoms with E-state index in [1.807, 2.05) is 54.6 Å². The monoisotopic (exact) mass is 292 g/mol. The van der Waals surface area contributed by atoms with Gasteiger partial charge in [0.25, 0.3) is 0 Å². The number of nitrogens with one attached hydrogen (secondary N) is 1. The molecule has 0 unspecified atom stereocenters. The fourth-order valence-corrected chi connectivity index (χ4v) is 2.31. The number of benzene rings is 2. The second-order valence-electron chi connectivity index (χ2n) is 4.78. The van der Waals surface area contributed by atoms with Crippen molar-refractivity contribution in [2.24, 2.45) is 0 Å². The molecule has 0 aliphatic carbocycles. The van der Waals surface area contributed by atoms with Crippen molar-refractivity contribution in [1.29, 1.82) is 0 Å². The highest BCUT2D eigenvalue weighted by Crippen LogP contribution is 2.29. The molecule has 0 spiro atoms. The number of esters is 1. The molecule has 1 N–H and O–H groups in total. The summed E-state index contributed by atoms with van der Waals surface area (Å²) in [7, 11) is 0. The van der Waals surface area contributed by atoms with Crippen LogP contribution in [0.1, 0.15) is 17.3 Å². The topological polar surface area (TPSA) is 51.2 Å². The predicted octanol–water partition coefficient (Wildman–Crippen LogP) is 4.16. The van der Waals surface area contributed by atoms with Crippen LogP contribution in [0.25, 0.3) is 10.9 Å². The molecule has 0 saturated carbocycles. The number of aromatic nitrogens is 1. The average Bonchev–Trinajstić information content (AvgIpc) is 2.56. The first-order valence-corrected chi connectivity index (χ1v) is 7.16. The number of anilines is 2. The Balaban J connectivity index is 2.14. The minimum Gasteiger partial charge on any atom is -0.462 e. The van der Waals surface area contributed by atoms with Gasteiger partial charge < -0.3 is 10.1 Å². The van der Waals surface area contributed by atoms with Crippen molar-refractivity contribution in [1.82, 2.24) is 4.98 Å². The maximum absolute atomic E-state index is 12.2. The van der Waals surface area contributed by atoms with Gasteiger partial charge in [-0.1, -0.05) is 36.4 Å². The summed E-state index contributed by atoms with van der Waals surface area (Å²) in [5.74, 6) is -0.376. The third-order valence-corrected chi connectivity index (χ3v) is 3.31. The molecular weight excluding hydrogens is 276 g/mol. The Labute approximate surface area is 128 Å². The van der Waals surface area contributed by atoms with E-state index in [4.69, 9.17) is 4.74 Å². The molecular formula is C18H16N2O2. The summed E-state index contributed by atoms with van der Waals surface area (Å²) in [6.07, 6.45) is 1.56. The van der Waals surface area contributed by atoms with Crippen LogP contribution in [0.4, 0.5) is 11.4 Å². The van der Waals surface area contributed by atoms with E-state index in [1.54, 1.807) is 13.1 Å². The lowest BCUT2D eigenvalue weighted by Gasteiger charge is -2.14. The Morgan fingerprint density at radius 3 is 2.59 bits per heavy atom. The highest BCUT2D eigenvalue weighted by molar-refractivity contribution is 6.05. The second kappa shape index (κ2) is 6.26. The number of carbonyl (C=O) groups is 1. The fourth-order valence-electron chi connectivity index (χ4n) is 2.31. The lowest BCUT2D eigenvalue weighted by Crippen LogP contribution is -2.09. The third-order valence-electron chi connectivity index (χ3n) is 3.31. The molecule has 0 bridgehead atoms. The van der Waals surface area contributed by atoms with Gasteiger partial charge >= 0.3 is 5.97 Å². The Hall–Kier alpha value is -2.88. The van der Waals surface area contributed by atoms with E-state index in [-0.39, 0.29) is 5.97 Å². The highest BCUT2D eigenvalue weighted by atomic mass is 16.5. The molecule has 0 fully saturated rings. The third kappa shape index (κ3) is 2.76. The Kier molecular flexibility index (Phi) is 4.01. The van der Waals surface area contributed by atoms with Crippen molar-refractivity contribution in [2.75, 3.05) is 11.9 Å². The molecule has 3 rings (SSSR count). The van der Waals surface area contributed by atoms with Crippen molar-refractivity contribution in [2.45, 2.75) is 6.92 Å². The first kappa shape index (κ1) is 14.1. The molecule has 1 heterocycles. The second-order valence-corrected chi connectivity index (χ2v) is 4.78. The van der Waals surface area contributed by atoms with Crippen LogP contribution in [0.3, 0.4) is 0 Å². The summed E-state index contributed by atoms with van der Waals surface area (Å²) in [6.45, 7) is 2.12. The number of fused-ring (bicyclic) bond motifs is 1. The van der Waals surface area contributed by atoms with Gasteiger partial charge in [0.1, 0.15) is 5.56 Å². The van der Waals surface area contributed by atoms with E-state index in [0.29, 0.717) is 12.2 Å². The first-order chi connectivity index (χ1) is 10.8. The molecule has 1 aromatic heterocycles. The molecule has 110 valence electrons. The maximum Gasteiger partial charge on any atom is 0.341 e. The van der Waals surface area contributed by atoms with Gasteiger partial charge in [-0.3, -0.25) is 4.98 Å². The normalized spacial score (nSPS) is 10.4. The Bertz CT molecular complexity index is 801. The van der Waals surface area contributed by atoms with Crippen LogP contribution in [0.15, 0.2) is 60.8 Å². The standard InChI is InChI=1S/C18H16N2O2/c1-2-22-18(21)15-12-19-16-11-7-6-10-14(16)17(15)20-13-8-4-3-5-9-13/h3-12H,2H2,1H3,(H,19,20). The van der Waals surface area contributed by atoms with Crippen LogP contribution in [-0.4, -0.2) is 17.6 Å². The van der Waals surface area contributed by atoms with E-state index >= 15 is 0 Å². The quantitative estimate of drug-likeness (QED) is 0.734. The number of hydrogen-bond donors (Lipinski definition) is 1. The van der Waals surface area contributed by atoms with Crippen LogP contribution in [0.5, 0.6) is 0 Å². The van der Waals surface area contributed by atoms with Crippen LogP contribution >= 0.6 is 0 Å². The SMILES string of the molecule is CCOC(=O)c1cnc2ccccc2c1Nc1ccccc1. The van der Waals surface area contributed by atoms with Crippen LogP contribution < -0.4 is 5.32 Å². The van der Waals surface area contributed by atoms with Gasteiger partial charge in [-0.15, -0.1) is 0 Å². The number of rotatable bonds is 4. The van der Waals surface area contributed by atoms with Crippen LogP contribution in [0.2, 0.25) is 0 Å². The number of para-hydroxylation sites is 2. The molecule has 4 heteroatoms. The molecule has 22 heavy (non-hydrogen) atoms. The predicted molar refractivity (Wildman–Crippen MR) is 87.4 cm³/mol. The van der Waals surface area contributed by atoms with Gasteiger partial charge in [0, 0.05) is 17.3 Å². The zero-order valence-electron chi connectivity index (χ0n) is 12.2. The Morgan fingerprint density at radius 2 is 1.82 bits per heavy atom. The van der Waals surface area contributed by atoms with Gasteiger partial charge in [-0.2, -0.15) is 0 Å². The molecule has 0 aliphatic heterocycles. The van der Waals surface area contributed by atoms with Crippen LogP contribution in [-0.2, 0) is 4.74 Å². The van der Waals surface area contributed by atoms with E-state index in [1.165, 1.54) is 0 Å². The minimum absolute atomic E-state index is 0.330. The van der Waals surface area contributed by atoms with Crippen molar-refractivity contribution in [3.63, 3.8) is 0 Å². The van der Waals surface area contributed by atoms with E-state index < -0.39 is 0 Å². The molecule has 0 aliphatic rings. The molecule has 0 amide bonds.